The summed E-state index contributed by atoms with van der Waals surface area (Å²) in [6.45, 7) is 0. The highest BCUT2D eigenvalue weighted by atomic mass is 16.2. The van der Waals surface area contributed by atoms with Crippen LogP contribution in [0.4, 0.5) is 0 Å². The minimum Gasteiger partial charge on any atom is -0.265 e. The van der Waals surface area contributed by atoms with Crippen molar-refractivity contribution in [3.05, 3.63) is 66.3 Å². The van der Waals surface area contributed by atoms with Crippen LogP contribution in [0.2, 0.25) is 0 Å². The van der Waals surface area contributed by atoms with Crippen molar-refractivity contribution < 1.29 is 4.79 Å². The molecule has 0 radical (unpaired) electrons. The van der Waals surface area contributed by atoms with Gasteiger partial charge in [-0.25, -0.2) is 10.4 Å². The molecular weight excluding hydrogens is 240 g/mol. The van der Waals surface area contributed by atoms with Gasteiger partial charge in [0.1, 0.15) is 5.69 Å². The maximum absolute atomic E-state index is 11.5. The molecule has 0 bridgehead atoms. The zero-order valence-corrected chi connectivity index (χ0v) is 10.1. The Kier molecular flexibility index (Phi) is 4.52. The predicted octanol–water partition coefficient (Wildman–Crippen LogP) is 1.91. The summed E-state index contributed by atoms with van der Waals surface area (Å²) in [6.07, 6.45) is 9.47. The number of nitrogens with one attached hydrogen (secondary N) is 1. The van der Waals surface area contributed by atoms with Crippen molar-refractivity contribution in [1.82, 2.24) is 15.4 Å². The van der Waals surface area contributed by atoms with Crippen molar-refractivity contribution in [2.75, 3.05) is 0 Å². The van der Waals surface area contributed by atoms with Crippen LogP contribution in [0, 0.1) is 0 Å². The monoisotopic (exact) mass is 252 g/mol. The summed E-state index contributed by atoms with van der Waals surface area (Å²) in [6, 6.07) is 9.80. The minimum absolute atomic E-state index is 0.228. The maximum atomic E-state index is 11.5. The van der Waals surface area contributed by atoms with Gasteiger partial charge in [-0.15, -0.1) is 0 Å². The lowest BCUT2D eigenvalue weighted by atomic mass is 10.2. The summed E-state index contributed by atoms with van der Waals surface area (Å²) in [5.41, 5.74) is 3.65. The Bertz CT molecular complexity index is 579. The molecule has 5 heteroatoms. The number of amides is 1. The number of carbonyl (C=O) groups is 1. The van der Waals surface area contributed by atoms with Gasteiger partial charge >= 0.3 is 0 Å². The van der Waals surface area contributed by atoms with Gasteiger partial charge in [0.15, 0.2) is 0 Å². The van der Waals surface area contributed by atoms with Crippen molar-refractivity contribution in [3.8, 4) is 0 Å². The molecule has 0 aliphatic heterocycles. The summed E-state index contributed by atoms with van der Waals surface area (Å²) in [7, 11) is 0. The normalized spacial score (nSPS) is 10.9. The van der Waals surface area contributed by atoms with Crippen LogP contribution in [-0.4, -0.2) is 22.1 Å². The van der Waals surface area contributed by atoms with Crippen molar-refractivity contribution in [1.29, 1.82) is 0 Å². The van der Waals surface area contributed by atoms with Crippen LogP contribution in [-0.2, 0) is 0 Å². The number of hydrogen-bond acceptors (Lipinski definition) is 4. The third kappa shape index (κ3) is 4.16. The van der Waals surface area contributed by atoms with E-state index in [1.165, 1.54) is 24.8 Å². The molecule has 0 spiro atoms. The van der Waals surface area contributed by atoms with Crippen LogP contribution in [0.5, 0.6) is 0 Å². The van der Waals surface area contributed by atoms with E-state index in [4.69, 9.17) is 0 Å². The van der Waals surface area contributed by atoms with Crippen LogP contribution in [0.25, 0.3) is 6.08 Å². The second kappa shape index (κ2) is 6.80. The number of benzene rings is 1. The highest BCUT2D eigenvalue weighted by Gasteiger charge is 2.03. The number of carbonyl (C=O) groups excluding carboxylic acids is 1. The Morgan fingerprint density at radius 1 is 1.21 bits per heavy atom. The first-order valence-electron chi connectivity index (χ1n) is 5.67. The molecule has 0 fully saturated rings. The maximum Gasteiger partial charge on any atom is 0.291 e. The molecular formula is C14H12N4O. The molecule has 19 heavy (non-hydrogen) atoms. The van der Waals surface area contributed by atoms with Crippen LogP contribution < -0.4 is 5.43 Å². The lowest BCUT2D eigenvalue weighted by Gasteiger charge is -1.96. The topological polar surface area (TPSA) is 67.2 Å². The van der Waals surface area contributed by atoms with Gasteiger partial charge in [0, 0.05) is 18.6 Å². The zero-order chi connectivity index (χ0) is 13.3. The van der Waals surface area contributed by atoms with Crippen molar-refractivity contribution in [2.24, 2.45) is 5.10 Å². The molecule has 94 valence electrons. The number of nitrogens with zero attached hydrogens (tertiary/aromatic N) is 3. The molecule has 0 aliphatic carbocycles. The molecule has 5 nitrogen and oxygen atoms in total. The van der Waals surface area contributed by atoms with Crippen molar-refractivity contribution in [3.63, 3.8) is 0 Å². The SMILES string of the molecule is O=C(N/N=C\C=C\c1ccccc1)c1cnccn1. The largest absolute Gasteiger partial charge is 0.291 e. The fourth-order valence-corrected chi connectivity index (χ4v) is 1.33. The third-order valence-corrected chi connectivity index (χ3v) is 2.21. The lowest BCUT2D eigenvalue weighted by Crippen LogP contribution is -2.18. The smallest absolute Gasteiger partial charge is 0.265 e. The molecule has 1 aromatic heterocycles. The number of allylic oxidation sites excluding steroid dienone is 1. The van der Waals surface area contributed by atoms with Gasteiger partial charge in [-0.1, -0.05) is 36.4 Å². The summed E-state index contributed by atoms with van der Waals surface area (Å²) < 4.78 is 0. The summed E-state index contributed by atoms with van der Waals surface area (Å²) in [4.78, 5) is 19.2. The summed E-state index contributed by atoms with van der Waals surface area (Å²) in [5.74, 6) is -0.391. The molecule has 2 rings (SSSR count). The van der Waals surface area contributed by atoms with Gasteiger partial charge in [-0.05, 0) is 11.6 Å². The first-order valence-corrected chi connectivity index (χ1v) is 5.67. The average Bonchev–Trinajstić information content (AvgIpc) is 2.49. The van der Waals surface area contributed by atoms with E-state index < -0.39 is 5.91 Å². The minimum atomic E-state index is -0.391. The highest BCUT2D eigenvalue weighted by Crippen LogP contribution is 1.99. The Hall–Kier alpha value is -2.82. The van der Waals surface area contributed by atoms with E-state index in [1.807, 2.05) is 36.4 Å². The summed E-state index contributed by atoms with van der Waals surface area (Å²) >= 11 is 0. The number of hydrazone groups is 1. The van der Waals surface area contributed by atoms with Crippen molar-refractivity contribution >= 4 is 18.2 Å². The van der Waals surface area contributed by atoms with Crippen LogP contribution >= 0.6 is 0 Å². The van der Waals surface area contributed by atoms with E-state index in [0.29, 0.717) is 0 Å². The Morgan fingerprint density at radius 3 is 2.79 bits per heavy atom. The number of aromatic nitrogens is 2. The molecule has 1 amide bonds. The molecule has 2 aromatic rings. The molecule has 1 aromatic carbocycles. The Balaban J connectivity index is 1.84. The highest BCUT2D eigenvalue weighted by molar-refractivity contribution is 5.92. The van der Waals surface area contributed by atoms with E-state index in [2.05, 4.69) is 20.5 Å². The Labute approximate surface area is 110 Å². The van der Waals surface area contributed by atoms with E-state index in [0.717, 1.165) is 5.56 Å². The average molecular weight is 252 g/mol. The number of rotatable bonds is 4. The molecule has 0 saturated carbocycles. The Morgan fingerprint density at radius 2 is 2.05 bits per heavy atom. The van der Waals surface area contributed by atoms with E-state index >= 15 is 0 Å². The number of hydrogen-bond donors (Lipinski definition) is 1. The van der Waals surface area contributed by atoms with Crippen LogP contribution in [0.3, 0.4) is 0 Å². The van der Waals surface area contributed by atoms with E-state index in [-0.39, 0.29) is 5.69 Å². The van der Waals surface area contributed by atoms with Gasteiger partial charge in [-0.2, -0.15) is 5.10 Å². The quantitative estimate of drug-likeness (QED) is 0.667. The summed E-state index contributed by atoms with van der Waals surface area (Å²) in [5, 5.41) is 3.78. The van der Waals surface area contributed by atoms with Gasteiger partial charge in [0.25, 0.3) is 5.91 Å². The first kappa shape index (κ1) is 12.6. The predicted molar refractivity (Wildman–Crippen MR) is 73.5 cm³/mol. The van der Waals surface area contributed by atoms with Crippen LogP contribution in [0.1, 0.15) is 16.1 Å². The first-order chi connectivity index (χ1) is 9.36. The second-order valence-electron chi connectivity index (χ2n) is 3.58. The zero-order valence-electron chi connectivity index (χ0n) is 10.1. The molecule has 0 unspecified atom stereocenters. The van der Waals surface area contributed by atoms with E-state index in [1.54, 1.807) is 6.08 Å². The molecule has 0 aliphatic rings. The van der Waals surface area contributed by atoms with Crippen molar-refractivity contribution in [2.45, 2.75) is 0 Å². The molecule has 0 saturated heterocycles. The van der Waals surface area contributed by atoms with Gasteiger partial charge in [0.05, 0.1) is 6.20 Å². The second-order valence-corrected chi connectivity index (χ2v) is 3.58. The lowest BCUT2D eigenvalue weighted by molar-refractivity contribution is 0.0950. The third-order valence-electron chi connectivity index (χ3n) is 2.21. The molecule has 1 N–H and O–H groups in total. The molecule has 0 atom stereocenters. The van der Waals surface area contributed by atoms with Gasteiger partial charge < -0.3 is 0 Å². The van der Waals surface area contributed by atoms with Gasteiger partial charge in [0.2, 0.25) is 0 Å². The van der Waals surface area contributed by atoms with Crippen LogP contribution in [0.15, 0.2) is 60.1 Å². The molecule has 1 heterocycles. The standard InChI is InChI=1S/C14H12N4O/c19-14(13-11-15-9-10-16-13)18-17-8-4-7-12-5-2-1-3-6-12/h1-11H,(H,18,19)/b7-4+,17-8-. The van der Waals surface area contributed by atoms with E-state index in [9.17, 15) is 4.79 Å². The van der Waals surface area contributed by atoms with Gasteiger partial charge in [-0.3, -0.25) is 9.78 Å². The fraction of sp³-hybridized carbons (Fsp3) is 0. The fourth-order valence-electron chi connectivity index (χ4n) is 1.33.